The standard InChI is InChI=1S/C26H30N2O5/c1-2-7-23(24(29)27-17-13-12-16(14-17)25(30)31)28-26(32)33-15-22-20-10-5-3-8-18(20)19-9-4-6-11-21(19)22/h3-6,8-11,16-17,22-23H,2,7,12-15H2,1H3,(H,27,29)(H,28,32)(H,30,31)/t16?,17?,23-/m0/s1. The summed E-state index contributed by atoms with van der Waals surface area (Å²) in [6, 6.07) is 15.3. The van der Waals surface area contributed by atoms with Crippen molar-refractivity contribution >= 4 is 18.0 Å². The average Bonchev–Trinajstić information content (AvgIpc) is 3.40. The van der Waals surface area contributed by atoms with Crippen LogP contribution < -0.4 is 10.6 Å². The number of alkyl carbamates (subject to hydrolysis) is 1. The van der Waals surface area contributed by atoms with E-state index in [0.717, 1.165) is 22.3 Å². The zero-order valence-electron chi connectivity index (χ0n) is 18.8. The molecule has 2 unspecified atom stereocenters. The lowest BCUT2D eigenvalue weighted by molar-refractivity contribution is -0.141. The predicted molar refractivity (Wildman–Crippen MR) is 124 cm³/mol. The van der Waals surface area contributed by atoms with Crippen molar-refractivity contribution in [3.8, 4) is 11.1 Å². The molecule has 3 N–H and O–H groups in total. The Bertz CT molecular complexity index is 991. The Morgan fingerprint density at radius 1 is 1.03 bits per heavy atom. The van der Waals surface area contributed by atoms with Crippen LogP contribution in [-0.2, 0) is 14.3 Å². The van der Waals surface area contributed by atoms with Gasteiger partial charge < -0.3 is 20.5 Å². The SMILES string of the molecule is CCC[C@H](NC(=O)OCC1c2ccccc2-c2ccccc21)C(=O)NC1CCC(C(=O)O)C1. The molecule has 0 radical (unpaired) electrons. The van der Waals surface area contributed by atoms with Crippen LogP contribution in [-0.4, -0.2) is 41.8 Å². The molecular weight excluding hydrogens is 420 g/mol. The highest BCUT2D eigenvalue weighted by atomic mass is 16.5. The van der Waals surface area contributed by atoms with Crippen molar-refractivity contribution in [3.63, 3.8) is 0 Å². The minimum absolute atomic E-state index is 0.0481. The summed E-state index contributed by atoms with van der Waals surface area (Å²) in [5, 5.41) is 14.8. The molecule has 7 nitrogen and oxygen atoms in total. The maximum atomic E-state index is 12.8. The third kappa shape index (κ3) is 5.02. The first-order chi connectivity index (χ1) is 16.0. The fourth-order valence-electron chi connectivity index (χ4n) is 4.98. The molecule has 7 heteroatoms. The third-order valence-corrected chi connectivity index (χ3v) is 6.66. The molecular formula is C26H30N2O5. The van der Waals surface area contributed by atoms with Crippen LogP contribution >= 0.6 is 0 Å². The summed E-state index contributed by atoms with van der Waals surface area (Å²) < 4.78 is 5.58. The summed E-state index contributed by atoms with van der Waals surface area (Å²) in [6.45, 7) is 2.12. The van der Waals surface area contributed by atoms with E-state index in [0.29, 0.717) is 32.1 Å². The first-order valence-corrected chi connectivity index (χ1v) is 11.6. The van der Waals surface area contributed by atoms with E-state index >= 15 is 0 Å². The Kier molecular flexibility index (Phi) is 6.96. The molecule has 0 aromatic heterocycles. The number of ether oxygens (including phenoxy) is 1. The van der Waals surface area contributed by atoms with Crippen LogP contribution in [0.5, 0.6) is 0 Å². The monoisotopic (exact) mass is 450 g/mol. The van der Waals surface area contributed by atoms with Gasteiger partial charge in [0.05, 0.1) is 5.92 Å². The second-order valence-electron chi connectivity index (χ2n) is 8.86. The molecule has 174 valence electrons. The summed E-state index contributed by atoms with van der Waals surface area (Å²) in [5.74, 6) is -1.59. The van der Waals surface area contributed by atoms with Gasteiger partial charge in [-0.1, -0.05) is 61.9 Å². The van der Waals surface area contributed by atoms with Crippen LogP contribution in [0.4, 0.5) is 4.79 Å². The number of carboxylic acids is 1. The second kappa shape index (κ2) is 10.1. The molecule has 33 heavy (non-hydrogen) atoms. The first kappa shape index (κ1) is 22.8. The van der Waals surface area contributed by atoms with E-state index in [-0.39, 0.29) is 24.5 Å². The molecule has 0 spiro atoms. The second-order valence-corrected chi connectivity index (χ2v) is 8.86. The molecule has 0 saturated heterocycles. The first-order valence-electron chi connectivity index (χ1n) is 11.6. The van der Waals surface area contributed by atoms with Crippen molar-refractivity contribution in [1.82, 2.24) is 10.6 Å². The molecule has 4 rings (SSSR count). The number of rotatable bonds is 8. The van der Waals surface area contributed by atoms with Gasteiger partial charge >= 0.3 is 12.1 Å². The highest BCUT2D eigenvalue weighted by molar-refractivity contribution is 5.86. The molecule has 0 aliphatic heterocycles. The lowest BCUT2D eigenvalue weighted by Crippen LogP contribution is -2.49. The Morgan fingerprint density at radius 2 is 1.67 bits per heavy atom. The maximum absolute atomic E-state index is 12.8. The van der Waals surface area contributed by atoms with Gasteiger partial charge in [0.1, 0.15) is 12.6 Å². The van der Waals surface area contributed by atoms with E-state index in [9.17, 15) is 14.4 Å². The van der Waals surface area contributed by atoms with Gasteiger partial charge in [-0.05, 0) is 47.9 Å². The Morgan fingerprint density at radius 3 is 2.24 bits per heavy atom. The van der Waals surface area contributed by atoms with Gasteiger partial charge in [0.15, 0.2) is 0 Å². The summed E-state index contributed by atoms with van der Waals surface area (Å²) >= 11 is 0. The van der Waals surface area contributed by atoms with E-state index < -0.39 is 24.0 Å². The van der Waals surface area contributed by atoms with Crippen molar-refractivity contribution in [2.45, 2.75) is 57.0 Å². The van der Waals surface area contributed by atoms with Gasteiger partial charge in [-0.3, -0.25) is 9.59 Å². The number of nitrogens with one attached hydrogen (secondary N) is 2. The Labute approximate surface area is 193 Å². The fraction of sp³-hybridized carbons (Fsp3) is 0.423. The van der Waals surface area contributed by atoms with Crippen LogP contribution in [0.1, 0.15) is 56.1 Å². The van der Waals surface area contributed by atoms with Crippen LogP contribution in [0.15, 0.2) is 48.5 Å². The number of fused-ring (bicyclic) bond motifs is 3. The van der Waals surface area contributed by atoms with Crippen LogP contribution in [0, 0.1) is 5.92 Å². The smallest absolute Gasteiger partial charge is 0.407 e. The van der Waals surface area contributed by atoms with Gasteiger partial charge in [-0.25, -0.2) is 4.79 Å². The molecule has 2 aliphatic carbocycles. The molecule has 2 amide bonds. The van der Waals surface area contributed by atoms with Crippen molar-refractivity contribution in [1.29, 1.82) is 0 Å². The van der Waals surface area contributed by atoms with E-state index in [1.54, 1.807) is 0 Å². The summed E-state index contributed by atoms with van der Waals surface area (Å²) in [5.41, 5.74) is 4.57. The maximum Gasteiger partial charge on any atom is 0.407 e. The minimum atomic E-state index is -0.825. The highest BCUT2D eigenvalue weighted by Gasteiger charge is 2.33. The number of carbonyl (C=O) groups excluding carboxylic acids is 2. The summed E-state index contributed by atoms with van der Waals surface area (Å²) in [4.78, 5) is 36.5. The Balaban J connectivity index is 1.35. The van der Waals surface area contributed by atoms with Crippen LogP contribution in [0.2, 0.25) is 0 Å². The van der Waals surface area contributed by atoms with Crippen LogP contribution in [0.25, 0.3) is 11.1 Å². The molecule has 0 bridgehead atoms. The van der Waals surface area contributed by atoms with Crippen molar-refractivity contribution in [2.24, 2.45) is 5.92 Å². The molecule has 3 atom stereocenters. The van der Waals surface area contributed by atoms with Gasteiger partial charge in [-0.15, -0.1) is 0 Å². The zero-order chi connectivity index (χ0) is 23.4. The van der Waals surface area contributed by atoms with Crippen molar-refractivity contribution < 1.29 is 24.2 Å². The molecule has 2 aromatic carbocycles. The minimum Gasteiger partial charge on any atom is -0.481 e. The third-order valence-electron chi connectivity index (χ3n) is 6.66. The number of amides is 2. The predicted octanol–water partition coefficient (Wildman–Crippen LogP) is 4.06. The lowest BCUT2D eigenvalue weighted by atomic mass is 9.98. The average molecular weight is 451 g/mol. The number of hydrogen-bond donors (Lipinski definition) is 3. The summed E-state index contributed by atoms with van der Waals surface area (Å²) in [7, 11) is 0. The lowest BCUT2D eigenvalue weighted by Gasteiger charge is -2.21. The normalized spacial score (nSPS) is 19.9. The van der Waals surface area contributed by atoms with Crippen LogP contribution in [0.3, 0.4) is 0 Å². The largest absolute Gasteiger partial charge is 0.481 e. The van der Waals surface area contributed by atoms with E-state index in [1.807, 2.05) is 31.2 Å². The topological polar surface area (TPSA) is 105 Å². The molecule has 0 heterocycles. The number of benzene rings is 2. The zero-order valence-corrected chi connectivity index (χ0v) is 18.8. The molecule has 1 fully saturated rings. The van der Waals surface area contributed by atoms with Gasteiger partial charge in [0, 0.05) is 12.0 Å². The fourth-order valence-corrected chi connectivity index (χ4v) is 4.98. The Hall–Kier alpha value is -3.35. The number of hydrogen-bond acceptors (Lipinski definition) is 4. The van der Waals surface area contributed by atoms with Gasteiger partial charge in [0.2, 0.25) is 5.91 Å². The quantitative estimate of drug-likeness (QED) is 0.563. The molecule has 1 saturated carbocycles. The van der Waals surface area contributed by atoms with Gasteiger partial charge in [0.25, 0.3) is 0 Å². The number of carbonyl (C=O) groups is 3. The van der Waals surface area contributed by atoms with E-state index in [2.05, 4.69) is 34.9 Å². The number of carboxylic acid groups (broad SMARTS) is 1. The van der Waals surface area contributed by atoms with Crippen molar-refractivity contribution in [3.05, 3.63) is 59.7 Å². The number of aliphatic carboxylic acids is 1. The van der Waals surface area contributed by atoms with E-state index in [1.165, 1.54) is 0 Å². The highest BCUT2D eigenvalue weighted by Crippen LogP contribution is 2.44. The molecule has 2 aliphatic rings. The van der Waals surface area contributed by atoms with E-state index in [4.69, 9.17) is 9.84 Å². The molecule has 2 aromatic rings. The van der Waals surface area contributed by atoms with Gasteiger partial charge in [-0.2, -0.15) is 0 Å². The van der Waals surface area contributed by atoms with Crippen molar-refractivity contribution in [2.75, 3.05) is 6.61 Å². The summed E-state index contributed by atoms with van der Waals surface area (Å²) in [6.07, 6.45) is 2.17.